The predicted octanol–water partition coefficient (Wildman–Crippen LogP) is 2.56. The topological polar surface area (TPSA) is 86.1 Å². The first-order valence-electron chi connectivity index (χ1n) is 16.7. The molecular formula is C33H54N6O2. The number of nitrogens with two attached hydrogens (primary N) is 1. The van der Waals surface area contributed by atoms with Crippen molar-refractivity contribution in [2.45, 2.75) is 108 Å². The number of likely N-dealkylation sites (tertiary alicyclic amines) is 3. The van der Waals surface area contributed by atoms with Crippen LogP contribution in [0.5, 0.6) is 0 Å². The zero-order valence-corrected chi connectivity index (χ0v) is 25.5. The Bertz CT molecular complexity index is 976. The first-order chi connectivity index (χ1) is 19.9. The van der Waals surface area contributed by atoms with Gasteiger partial charge in [0.15, 0.2) is 0 Å². The number of hydrogen-bond acceptors (Lipinski definition) is 7. The van der Waals surface area contributed by atoms with Crippen molar-refractivity contribution in [3.63, 3.8) is 0 Å². The molecule has 4 heterocycles. The van der Waals surface area contributed by atoms with E-state index >= 15 is 0 Å². The van der Waals surface area contributed by atoms with Crippen molar-refractivity contribution in [1.82, 2.24) is 25.3 Å². The van der Waals surface area contributed by atoms with Gasteiger partial charge in [0.1, 0.15) is 0 Å². The summed E-state index contributed by atoms with van der Waals surface area (Å²) in [5.41, 5.74) is 6.75. The molecule has 4 aliphatic heterocycles. The molecule has 41 heavy (non-hydrogen) atoms. The molecule has 2 aliphatic carbocycles. The fourth-order valence-corrected chi connectivity index (χ4v) is 9.21. The molecule has 6 fully saturated rings. The molecule has 6 aliphatic rings. The van der Waals surface area contributed by atoms with E-state index in [1.54, 1.807) is 0 Å². The summed E-state index contributed by atoms with van der Waals surface area (Å²) in [5.74, 6) is 10.0. The molecule has 4 N–H and O–H groups in total. The Morgan fingerprint density at radius 3 is 2.39 bits per heavy atom. The third-order valence-corrected chi connectivity index (χ3v) is 11.5. The monoisotopic (exact) mass is 566 g/mol. The molecule has 8 nitrogen and oxygen atoms in total. The second-order valence-corrected chi connectivity index (χ2v) is 14.0. The van der Waals surface area contributed by atoms with Crippen LogP contribution in [0.1, 0.15) is 71.1 Å². The third kappa shape index (κ3) is 6.27. The van der Waals surface area contributed by atoms with Crippen molar-refractivity contribution in [2.24, 2.45) is 35.3 Å². The number of carbonyl (C=O) groups is 1. The number of fused-ring (bicyclic) bond motifs is 1. The van der Waals surface area contributed by atoms with Crippen molar-refractivity contribution in [2.75, 3.05) is 39.9 Å². The van der Waals surface area contributed by atoms with Crippen LogP contribution in [0, 0.1) is 41.4 Å². The van der Waals surface area contributed by atoms with E-state index in [2.05, 4.69) is 52.8 Å². The highest BCUT2D eigenvalue weighted by atomic mass is 16.5. The van der Waals surface area contributed by atoms with Gasteiger partial charge in [0.05, 0.1) is 30.6 Å². The van der Waals surface area contributed by atoms with E-state index in [1.165, 1.54) is 63.9 Å². The van der Waals surface area contributed by atoms with Gasteiger partial charge in [0.2, 0.25) is 5.91 Å². The molecule has 7 atom stereocenters. The van der Waals surface area contributed by atoms with Gasteiger partial charge in [0, 0.05) is 50.7 Å². The van der Waals surface area contributed by atoms with Gasteiger partial charge in [0.25, 0.3) is 0 Å². The smallest absolute Gasteiger partial charge is 0.245 e. The van der Waals surface area contributed by atoms with E-state index in [4.69, 9.17) is 10.5 Å². The highest BCUT2D eigenvalue weighted by Gasteiger charge is 2.53. The Kier molecular flexibility index (Phi) is 9.41. The fraction of sp³-hybridized carbons (Fsp3) is 0.848. The molecule has 0 spiro atoms. The summed E-state index contributed by atoms with van der Waals surface area (Å²) in [7, 11) is 2.26. The predicted molar refractivity (Wildman–Crippen MR) is 162 cm³/mol. The van der Waals surface area contributed by atoms with E-state index < -0.39 is 0 Å². The number of ether oxygens (including phenoxy) is 1. The van der Waals surface area contributed by atoms with Crippen LogP contribution in [-0.2, 0) is 9.53 Å². The largest absolute Gasteiger partial charge is 0.375 e. The van der Waals surface area contributed by atoms with E-state index in [0.717, 1.165) is 39.3 Å². The first-order valence-corrected chi connectivity index (χ1v) is 16.7. The fourth-order valence-electron chi connectivity index (χ4n) is 9.21. The van der Waals surface area contributed by atoms with Crippen LogP contribution in [0.15, 0.2) is 12.7 Å². The normalized spacial score (nSPS) is 41.2. The lowest BCUT2D eigenvalue weighted by Gasteiger charge is -2.48. The lowest BCUT2D eigenvalue weighted by molar-refractivity contribution is -0.129. The Hall–Kier alpha value is -1.47. The van der Waals surface area contributed by atoms with Gasteiger partial charge in [-0.15, -0.1) is 0 Å². The number of nitrogens with zero attached hydrogens (tertiary/aromatic N) is 3. The minimum Gasteiger partial charge on any atom is -0.375 e. The van der Waals surface area contributed by atoms with Crippen LogP contribution in [0.2, 0.25) is 0 Å². The van der Waals surface area contributed by atoms with Gasteiger partial charge in [-0.3, -0.25) is 25.2 Å². The van der Waals surface area contributed by atoms with Crippen LogP contribution < -0.4 is 16.4 Å². The summed E-state index contributed by atoms with van der Waals surface area (Å²) >= 11 is 0. The van der Waals surface area contributed by atoms with E-state index in [0.29, 0.717) is 47.8 Å². The third-order valence-electron chi connectivity index (χ3n) is 11.5. The van der Waals surface area contributed by atoms with Crippen molar-refractivity contribution < 1.29 is 9.53 Å². The minimum atomic E-state index is 0.0104. The number of carbonyl (C=O) groups excluding carboxylic acids is 1. The molecule has 0 aromatic carbocycles. The summed E-state index contributed by atoms with van der Waals surface area (Å²) in [6.45, 7) is 10.5. The molecule has 0 radical (unpaired) electrons. The van der Waals surface area contributed by atoms with Gasteiger partial charge in [-0.2, -0.15) is 0 Å². The van der Waals surface area contributed by atoms with Gasteiger partial charge in [-0.25, -0.2) is 0 Å². The van der Waals surface area contributed by atoms with Gasteiger partial charge >= 0.3 is 0 Å². The van der Waals surface area contributed by atoms with Crippen molar-refractivity contribution >= 4 is 5.91 Å². The SMILES string of the molecule is C=CC(=O)N1CC[C@H](N2CC(C#CC3C(C4CCC(OC5CCCCC5)CC4)C4C(N)NCNC4N3C)C2)[C@@H](C)C1. The summed E-state index contributed by atoms with van der Waals surface area (Å²) in [6.07, 6.45) is 15.1. The molecule has 5 unspecified atom stereocenters. The molecule has 2 saturated carbocycles. The highest BCUT2D eigenvalue weighted by molar-refractivity contribution is 5.87. The molecule has 6 rings (SSSR count). The zero-order valence-electron chi connectivity index (χ0n) is 25.5. The van der Waals surface area contributed by atoms with Crippen molar-refractivity contribution in [3.8, 4) is 11.8 Å². The number of rotatable bonds is 5. The highest BCUT2D eigenvalue weighted by Crippen LogP contribution is 2.46. The van der Waals surface area contributed by atoms with Crippen LogP contribution >= 0.6 is 0 Å². The van der Waals surface area contributed by atoms with Crippen LogP contribution in [-0.4, -0.2) is 97.1 Å². The Morgan fingerprint density at radius 2 is 1.68 bits per heavy atom. The minimum absolute atomic E-state index is 0.0104. The molecule has 1 amide bonds. The molecule has 0 aromatic heterocycles. The molecule has 8 heteroatoms. The van der Waals surface area contributed by atoms with E-state index in [-0.39, 0.29) is 24.3 Å². The van der Waals surface area contributed by atoms with Gasteiger partial charge in [-0.05, 0) is 75.8 Å². The molecular weight excluding hydrogens is 512 g/mol. The Balaban J connectivity index is 1.07. The van der Waals surface area contributed by atoms with E-state index in [1.807, 2.05) is 4.90 Å². The average molecular weight is 567 g/mol. The van der Waals surface area contributed by atoms with Crippen LogP contribution in [0.3, 0.4) is 0 Å². The number of nitrogens with one attached hydrogen (secondary N) is 2. The standard InChI is InChI=1S/C33H54N6O2/c1-4-29(40)38-17-16-27(22(2)18-38)39-19-23(20-39)10-15-28-30(31-32(34)35-21-36-33(31)37(28)3)24-11-13-26(14-12-24)41-25-8-6-5-7-9-25/h4,22-28,30-33,35-36H,1,5-9,11-14,16-21,34H2,2-3H3/t22-,24?,26?,27-,28?,30?,31?,32?,33?/m0/s1. The van der Waals surface area contributed by atoms with Crippen LogP contribution in [0.4, 0.5) is 0 Å². The maximum absolute atomic E-state index is 12.1. The maximum atomic E-state index is 12.1. The lowest BCUT2D eigenvalue weighted by atomic mass is 9.70. The van der Waals surface area contributed by atoms with Crippen LogP contribution in [0.25, 0.3) is 0 Å². The number of hydrogen-bond donors (Lipinski definition) is 3. The second-order valence-electron chi connectivity index (χ2n) is 14.0. The zero-order chi connectivity index (χ0) is 28.5. The number of amides is 1. The number of piperidine rings is 1. The maximum Gasteiger partial charge on any atom is 0.245 e. The van der Waals surface area contributed by atoms with Crippen molar-refractivity contribution in [3.05, 3.63) is 12.7 Å². The second kappa shape index (κ2) is 13.0. The molecule has 0 aromatic rings. The van der Waals surface area contributed by atoms with Gasteiger partial charge < -0.3 is 15.4 Å². The Morgan fingerprint density at radius 1 is 0.951 bits per heavy atom. The first kappa shape index (κ1) is 29.6. The van der Waals surface area contributed by atoms with E-state index in [9.17, 15) is 4.79 Å². The summed E-state index contributed by atoms with van der Waals surface area (Å²) in [4.78, 5) is 19.1. The average Bonchev–Trinajstić information content (AvgIpc) is 3.25. The van der Waals surface area contributed by atoms with Crippen molar-refractivity contribution in [1.29, 1.82) is 0 Å². The molecule has 0 bridgehead atoms. The summed E-state index contributed by atoms with van der Waals surface area (Å²) in [5, 5.41) is 7.21. The summed E-state index contributed by atoms with van der Waals surface area (Å²) < 4.78 is 6.59. The Labute approximate surface area is 248 Å². The lowest BCUT2D eigenvalue weighted by Crippen LogP contribution is -2.63. The summed E-state index contributed by atoms with van der Waals surface area (Å²) in [6, 6.07) is 0.788. The van der Waals surface area contributed by atoms with Gasteiger partial charge in [-0.1, -0.05) is 44.6 Å². The molecule has 228 valence electrons. The molecule has 4 saturated heterocycles. The quantitative estimate of drug-likeness (QED) is 0.348.